The van der Waals surface area contributed by atoms with Gasteiger partial charge in [0.25, 0.3) is 0 Å². The molecular weight excluding hydrogens is 248 g/mol. The molecule has 1 saturated heterocycles. The predicted octanol–water partition coefficient (Wildman–Crippen LogP) is 2.84. The fourth-order valence-corrected chi connectivity index (χ4v) is 2.87. The summed E-state index contributed by atoms with van der Waals surface area (Å²) in [5.41, 5.74) is 1.45. The van der Waals surface area contributed by atoms with E-state index in [1.807, 2.05) is 12.1 Å². The van der Waals surface area contributed by atoms with Gasteiger partial charge in [-0.05, 0) is 44.9 Å². The minimum absolute atomic E-state index is 0.203. The SMILES string of the molecule is CCC1CNC(C)(C)CN1CCOc1cccc(C)c1. The van der Waals surface area contributed by atoms with E-state index in [0.717, 1.165) is 32.0 Å². The summed E-state index contributed by atoms with van der Waals surface area (Å²) >= 11 is 0. The van der Waals surface area contributed by atoms with Gasteiger partial charge >= 0.3 is 0 Å². The predicted molar refractivity (Wildman–Crippen MR) is 84.4 cm³/mol. The van der Waals surface area contributed by atoms with Gasteiger partial charge in [-0.25, -0.2) is 0 Å². The number of hydrogen-bond acceptors (Lipinski definition) is 3. The first kappa shape index (κ1) is 15.3. The lowest BCUT2D eigenvalue weighted by Gasteiger charge is -2.44. The van der Waals surface area contributed by atoms with E-state index in [9.17, 15) is 0 Å². The second-order valence-electron chi connectivity index (χ2n) is 6.46. The van der Waals surface area contributed by atoms with Gasteiger partial charge in [0.05, 0.1) is 0 Å². The van der Waals surface area contributed by atoms with Crippen molar-refractivity contribution < 1.29 is 4.74 Å². The van der Waals surface area contributed by atoms with Crippen molar-refractivity contribution >= 4 is 0 Å². The summed E-state index contributed by atoms with van der Waals surface area (Å²) in [5, 5.41) is 3.62. The summed E-state index contributed by atoms with van der Waals surface area (Å²) in [5.74, 6) is 0.979. The average molecular weight is 276 g/mol. The van der Waals surface area contributed by atoms with Crippen LogP contribution in [0.25, 0.3) is 0 Å². The van der Waals surface area contributed by atoms with Crippen LogP contribution in [0.3, 0.4) is 0 Å². The van der Waals surface area contributed by atoms with E-state index in [-0.39, 0.29) is 5.54 Å². The molecule has 0 bridgehead atoms. The highest BCUT2D eigenvalue weighted by molar-refractivity contribution is 5.27. The Balaban J connectivity index is 1.85. The van der Waals surface area contributed by atoms with Crippen molar-refractivity contribution in [2.75, 3.05) is 26.2 Å². The Labute approximate surface area is 123 Å². The monoisotopic (exact) mass is 276 g/mol. The van der Waals surface area contributed by atoms with E-state index in [2.05, 4.69) is 50.0 Å². The van der Waals surface area contributed by atoms with Crippen LogP contribution >= 0.6 is 0 Å². The maximum atomic E-state index is 5.89. The number of aryl methyl sites for hydroxylation is 1. The highest BCUT2D eigenvalue weighted by Gasteiger charge is 2.31. The maximum Gasteiger partial charge on any atom is 0.119 e. The van der Waals surface area contributed by atoms with E-state index >= 15 is 0 Å². The van der Waals surface area contributed by atoms with Crippen LogP contribution in [-0.4, -0.2) is 42.7 Å². The molecule has 112 valence electrons. The summed E-state index contributed by atoms with van der Waals surface area (Å²) in [6.45, 7) is 12.8. The van der Waals surface area contributed by atoms with Crippen LogP contribution in [0.4, 0.5) is 0 Å². The Hall–Kier alpha value is -1.06. The van der Waals surface area contributed by atoms with Crippen LogP contribution in [0, 0.1) is 6.92 Å². The standard InChI is InChI=1S/C17H28N2O/c1-5-15-12-18-17(3,4)13-19(15)9-10-20-16-8-6-7-14(2)11-16/h6-8,11,15,18H,5,9-10,12-13H2,1-4H3. The van der Waals surface area contributed by atoms with Crippen molar-refractivity contribution in [2.24, 2.45) is 0 Å². The fourth-order valence-electron chi connectivity index (χ4n) is 2.87. The molecule has 1 aliphatic rings. The minimum atomic E-state index is 0.203. The molecule has 20 heavy (non-hydrogen) atoms. The molecule has 1 atom stereocenters. The molecule has 3 heteroatoms. The molecule has 1 aliphatic heterocycles. The molecule has 1 heterocycles. The summed E-state index contributed by atoms with van der Waals surface area (Å²) in [6.07, 6.45) is 1.19. The molecule has 3 nitrogen and oxygen atoms in total. The molecule has 0 aliphatic carbocycles. The average Bonchev–Trinajstić information content (AvgIpc) is 2.38. The molecule has 2 rings (SSSR count). The van der Waals surface area contributed by atoms with Crippen LogP contribution in [0.5, 0.6) is 5.75 Å². The van der Waals surface area contributed by atoms with E-state index in [1.54, 1.807) is 0 Å². The maximum absolute atomic E-state index is 5.89. The van der Waals surface area contributed by atoms with Crippen molar-refractivity contribution in [3.8, 4) is 5.75 Å². The smallest absolute Gasteiger partial charge is 0.119 e. The van der Waals surface area contributed by atoms with Crippen molar-refractivity contribution in [1.82, 2.24) is 10.2 Å². The first-order valence-corrected chi connectivity index (χ1v) is 7.69. The van der Waals surface area contributed by atoms with Crippen LogP contribution in [-0.2, 0) is 0 Å². The van der Waals surface area contributed by atoms with Gasteiger partial charge in [0.1, 0.15) is 12.4 Å². The number of benzene rings is 1. The molecule has 0 spiro atoms. The van der Waals surface area contributed by atoms with E-state index in [4.69, 9.17) is 4.74 Å². The number of ether oxygens (including phenoxy) is 1. The van der Waals surface area contributed by atoms with E-state index in [0.29, 0.717) is 6.04 Å². The third-order valence-corrected chi connectivity index (χ3v) is 4.04. The van der Waals surface area contributed by atoms with Crippen LogP contribution in [0.1, 0.15) is 32.8 Å². The summed E-state index contributed by atoms with van der Waals surface area (Å²) in [6, 6.07) is 8.90. The first-order valence-electron chi connectivity index (χ1n) is 7.69. The zero-order chi connectivity index (χ0) is 14.6. The van der Waals surface area contributed by atoms with Gasteiger partial charge in [-0.3, -0.25) is 4.90 Å². The number of rotatable bonds is 5. The third-order valence-electron chi connectivity index (χ3n) is 4.04. The Morgan fingerprint density at radius 1 is 1.40 bits per heavy atom. The molecule has 1 N–H and O–H groups in total. The topological polar surface area (TPSA) is 24.5 Å². The molecule has 0 saturated carbocycles. The molecule has 0 amide bonds. The van der Waals surface area contributed by atoms with Gasteiger partial charge in [-0.15, -0.1) is 0 Å². The first-order chi connectivity index (χ1) is 9.50. The van der Waals surface area contributed by atoms with Crippen LogP contribution in [0.2, 0.25) is 0 Å². The molecule has 0 aromatic heterocycles. The Bertz CT molecular complexity index is 431. The van der Waals surface area contributed by atoms with Crippen molar-refractivity contribution in [1.29, 1.82) is 0 Å². The zero-order valence-corrected chi connectivity index (χ0v) is 13.3. The van der Waals surface area contributed by atoms with Crippen molar-refractivity contribution in [2.45, 2.75) is 45.7 Å². The largest absolute Gasteiger partial charge is 0.492 e. The van der Waals surface area contributed by atoms with Crippen LogP contribution < -0.4 is 10.1 Å². The zero-order valence-electron chi connectivity index (χ0n) is 13.3. The Kier molecular flexibility index (Phi) is 5.06. The molecule has 1 aromatic carbocycles. The lowest BCUT2D eigenvalue weighted by atomic mass is 9.98. The van der Waals surface area contributed by atoms with Gasteiger partial charge < -0.3 is 10.1 Å². The van der Waals surface area contributed by atoms with E-state index in [1.165, 1.54) is 12.0 Å². The highest BCUT2D eigenvalue weighted by atomic mass is 16.5. The second kappa shape index (κ2) is 6.59. The van der Waals surface area contributed by atoms with E-state index < -0.39 is 0 Å². The molecule has 1 unspecified atom stereocenters. The third kappa shape index (κ3) is 4.22. The summed E-state index contributed by atoms with van der Waals surface area (Å²) in [7, 11) is 0. The minimum Gasteiger partial charge on any atom is -0.492 e. The Morgan fingerprint density at radius 2 is 2.20 bits per heavy atom. The van der Waals surface area contributed by atoms with Gasteiger partial charge in [-0.1, -0.05) is 19.1 Å². The molecular formula is C17H28N2O. The van der Waals surface area contributed by atoms with Gasteiger partial charge in [0.2, 0.25) is 0 Å². The number of nitrogens with zero attached hydrogens (tertiary/aromatic N) is 1. The lowest BCUT2D eigenvalue weighted by Crippen LogP contribution is -2.61. The Morgan fingerprint density at radius 3 is 2.90 bits per heavy atom. The van der Waals surface area contributed by atoms with Crippen molar-refractivity contribution in [3.05, 3.63) is 29.8 Å². The van der Waals surface area contributed by atoms with Crippen molar-refractivity contribution in [3.63, 3.8) is 0 Å². The number of hydrogen-bond donors (Lipinski definition) is 1. The quantitative estimate of drug-likeness (QED) is 0.895. The molecule has 1 fully saturated rings. The highest BCUT2D eigenvalue weighted by Crippen LogP contribution is 2.17. The lowest BCUT2D eigenvalue weighted by molar-refractivity contribution is 0.0782. The van der Waals surface area contributed by atoms with Crippen LogP contribution in [0.15, 0.2) is 24.3 Å². The summed E-state index contributed by atoms with van der Waals surface area (Å²) in [4.78, 5) is 2.56. The second-order valence-corrected chi connectivity index (χ2v) is 6.46. The normalized spacial score (nSPS) is 22.7. The fraction of sp³-hybridized carbons (Fsp3) is 0.647. The summed E-state index contributed by atoms with van der Waals surface area (Å²) < 4.78 is 5.89. The number of piperazine rings is 1. The number of nitrogens with one attached hydrogen (secondary N) is 1. The van der Waals surface area contributed by atoms with Gasteiger partial charge in [0, 0.05) is 31.2 Å². The molecule has 1 aromatic rings. The van der Waals surface area contributed by atoms with Gasteiger partial charge in [0.15, 0.2) is 0 Å². The van der Waals surface area contributed by atoms with Gasteiger partial charge in [-0.2, -0.15) is 0 Å². The molecule has 0 radical (unpaired) electrons.